The lowest BCUT2D eigenvalue weighted by Crippen LogP contribution is -2.28. The van der Waals surface area contributed by atoms with Crippen LogP contribution in [0.15, 0.2) is 6.33 Å². The molecule has 7 nitrogen and oxygen atoms in total. The SMILES string of the molecule is O=[N+]([O-])c1c(NC2CCCCC2)ncnc1N1CCCCCC1. The number of anilines is 2. The van der Waals surface area contributed by atoms with Crippen LogP contribution in [0, 0.1) is 10.1 Å². The molecule has 126 valence electrons. The first-order valence-electron chi connectivity index (χ1n) is 8.76. The first-order valence-corrected chi connectivity index (χ1v) is 8.76. The number of nitro groups is 1. The summed E-state index contributed by atoms with van der Waals surface area (Å²) in [7, 11) is 0. The van der Waals surface area contributed by atoms with Gasteiger partial charge in [-0.15, -0.1) is 0 Å². The number of rotatable bonds is 4. The summed E-state index contributed by atoms with van der Waals surface area (Å²) in [5, 5.41) is 15.0. The largest absolute Gasteiger partial charge is 0.361 e. The van der Waals surface area contributed by atoms with Gasteiger partial charge in [-0.3, -0.25) is 10.1 Å². The third-order valence-corrected chi connectivity index (χ3v) is 4.84. The Bertz CT molecular complexity index is 537. The summed E-state index contributed by atoms with van der Waals surface area (Å²) in [5.41, 5.74) is 0.0416. The van der Waals surface area contributed by atoms with E-state index in [1.54, 1.807) is 0 Å². The number of aromatic nitrogens is 2. The van der Waals surface area contributed by atoms with E-state index in [0.29, 0.717) is 11.6 Å². The zero-order chi connectivity index (χ0) is 16.1. The first kappa shape index (κ1) is 16.0. The third-order valence-electron chi connectivity index (χ3n) is 4.84. The summed E-state index contributed by atoms with van der Waals surface area (Å²) in [6.45, 7) is 1.67. The van der Waals surface area contributed by atoms with Crippen molar-refractivity contribution >= 4 is 17.3 Å². The highest BCUT2D eigenvalue weighted by Gasteiger charge is 2.28. The summed E-state index contributed by atoms with van der Waals surface area (Å²) in [4.78, 5) is 21.8. The summed E-state index contributed by atoms with van der Waals surface area (Å²) in [6.07, 6.45) is 11.7. The van der Waals surface area contributed by atoms with Crippen LogP contribution in [0.2, 0.25) is 0 Å². The molecule has 1 N–H and O–H groups in total. The van der Waals surface area contributed by atoms with E-state index in [-0.39, 0.29) is 16.7 Å². The second-order valence-corrected chi connectivity index (χ2v) is 6.53. The fourth-order valence-electron chi connectivity index (χ4n) is 3.60. The quantitative estimate of drug-likeness (QED) is 0.675. The maximum atomic E-state index is 11.7. The van der Waals surface area contributed by atoms with Gasteiger partial charge < -0.3 is 10.2 Å². The van der Waals surface area contributed by atoms with Crippen LogP contribution in [0.1, 0.15) is 57.8 Å². The second-order valence-electron chi connectivity index (χ2n) is 6.53. The van der Waals surface area contributed by atoms with E-state index in [9.17, 15) is 10.1 Å². The van der Waals surface area contributed by atoms with Gasteiger partial charge in [0.1, 0.15) is 6.33 Å². The minimum Gasteiger partial charge on any atom is -0.361 e. The van der Waals surface area contributed by atoms with Crippen LogP contribution < -0.4 is 10.2 Å². The summed E-state index contributed by atoms with van der Waals surface area (Å²) in [5.74, 6) is 0.862. The van der Waals surface area contributed by atoms with E-state index >= 15 is 0 Å². The first-order chi connectivity index (χ1) is 11.3. The molecule has 0 atom stereocenters. The molecule has 1 saturated carbocycles. The molecule has 3 rings (SSSR count). The van der Waals surface area contributed by atoms with Gasteiger partial charge in [0.2, 0.25) is 11.6 Å². The Morgan fingerprint density at radius 3 is 2.35 bits per heavy atom. The van der Waals surface area contributed by atoms with Crippen LogP contribution in [0.5, 0.6) is 0 Å². The second kappa shape index (κ2) is 7.57. The highest BCUT2D eigenvalue weighted by Crippen LogP contribution is 2.34. The van der Waals surface area contributed by atoms with Crippen molar-refractivity contribution in [3.8, 4) is 0 Å². The van der Waals surface area contributed by atoms with Gasteiger partial charge in [0.25, 0.3) is 0 Å². The molecule has 1 aromatic heterocycles. The lowest BCUT2D eigenvalue weighted by molar-refractivity contribution is -0.383. The van der Waals surface area contributed by atoms with Gasteiger partial charge in [0.05, 0.1) is 4.92 Å². The molecule has 1 aliphatic carbocycles. The van der Waals surface area contributed by atoms with E-state index in [1.165, 1.54) is 38.4 Å². The normalized spacial score (nSPS) is 20.1. The Balaban J connectivity index is 1.86. The molecule has 1 aromatic rings. The van der Waals surface area contributed by atoms with Crippen LogP contribution in [-0.2, 0) is 0 Å². The lowest BCUT2D eigenvalue weighted by Gasteiger charge is -2.25. The summed E-state index contributed by atoms with van der Waals surface area (Å²) < 4.78 is 0. The van der Waals surface area contributed by atoms with Crippen LogP contribution in [-0.4, -0.2) is 34.0 Å². The maximum absolute atomic E-state index is 11.7. The van der Waals surface area contributed by atoms with Gasteiger partial charge in [0.15, 0.2) is 0 Å². The van der Waals surface area contributed by atoms with E-state index in [2.05, 4.69) is 20.2 Å². The van der Waals surface area contributed by atoms with Crippen LogP contribution >= 0.6 is 0 Å². The molecule has 0 amide bonds. The number of nitrogens with one attached hydrogen (secondary N) is 1. The molecule has 7 heteroatoms. The highest BCUT2D eigenvalue weighted by atomic mass is 16.6. The molecule has 23 heavy (non-hydrogen) atoms. The zero-order valence-electron chi connectivity index (χ0n) is 13.5. The molecular weight excluding hydrogens is 294 g/mol. The Morgan fingerprint density at radius 1 is 1.04 bits per heavy atom. The van der Waals surface area contributed by atoms with E-state index in [1.807, 2.05) is 0 Å². The molecule has 1 saturated heterocycles. The standard InChI is InChI=1S/C16H25N5O2/c22-21(23)14-15(19-13-8-4-3-5-9-13)17-12-18-16(14)20-10-6-1-2-7-11-20/h12-13H,1-11H2,(H,17,18,19). The highest BCUT2D eigenvalue weighted by molar-refractivity contribution is 5.70. The number of nitrogens with zero attached hydrogens (tertiary/aromatic N) is 4. The Hall–Kier alpha value is -1.92. The van der Waals surface area contributed by atoms with E-state index in [0.717, 1.165) is 38.8 Å². The van der Waals surface area contributed by atoms with Gasteiger partial charge >= 0.3 is 5.69 Å². The van der Waals surface area contributed by atoms with Crippen molar-refractivity contribution in [2.24, 2.45) is 0 Å². The summed E-state index contributed by atoms with van der Waals surface area (Å²) >= 11 is 0. The predicted octanol–water partition coefficient (Wildman–Crippen LogP) is 3.51. The van der Waals surface area contributed by atoms with Crippen LogP contribution in [0.3, 0.4) is 0 Å². The van der Waals surface area contributed by atoms with E-state index in [4.69, 9.17) is 0 Å². The number of hydrogen-bond acceptors (Lipinski definition) is 6. The lowest BCUT2D eigenvalue weighted by atomic mass is 9.95. The van der Waals surface area contributed by atoms with Gasteiger partial charge in [-0.25, -0.2) is 9.97 Å². The molecule has 0 unspecified atom stereocenters. The van der Waals surface area contributed by atoms with Crippen molar-refractivity contribution in [1.29, 1.82) is 0 Å². The Kier molecular flexibility index (Phi) is 5.25. The molecule has 0 spiro atoms. The predicted molar refractivity (Wildman–Crippen MR) is 89.9 cm³/mol. The van der Waals surface area contributed by atoms with Crippen molar-refractivity contribution < 1.29 is 4.92 Å². The number of hydrogen-bond donors (Lipinski definition) is 1. The topological polar surface area (TPSA) is 84.2 Å². The van der Waals surface area contributed by atoms with Crippen molar-refractivity contribution in [3.63, 3.8) is 0 Å². The summed E-state index contributed by atoms with van der Waals surface area (Å²) in [6, 6.07) is 0.286. The van der Waals surface area contributed by atoms with Crippen molar-refractivity contribution in [3.05, 3.63) is 16.4 Å². The van der Waals surface area contributed by atoms with Crippen molar-refractivity contribution in [2.75, 3.05) is 23.3 Å². The van der Waals surface area contributed by atoms with Crippen LogP contribution in [0.4, 0.5) is 17.3 Å². The van der Waals surface area contributed by atoms with Crippen LogP contribution in [0.25, 0.3) is 0 Å². The molecular formula is C16H25N5O2. The molecule has 2 aliphatic rings. The fourth-order valence-corrected chi connectivity index (χ4v) is 3.60. The monoisotopic (exact) mass is 319 g/mol. The van der Waals surface area contributed by atoms with E-state index < -0.39 is 0 Å². The molecule has 0 aromatic carbocycles. The minimum absolute atomic E-state index is 0.0416. The Labute approximate surface area is 136 Å². The molecule has 2 heterocycles. The minimum atomic E-state index is -0.328. The van der Waals surface area contributed by atoms with Gasteiger partial charge in [-0.1, -0.05) is 32.1 Å². The maximum Gasteiger partial charge on any atom is 0.353 e. The average Bonchev–Trinajstić information content (AvgIpc) is 2.84. The molecule has 1 aliphatic heterocycles. The van der Waals surface area contributed by atoms with Crippen molar-refractivity contribution in [1.82, 2.24) is 9.97 Å². The van der Waals surface area contributed by atoms with Gasteiger partial charge in [-0.2, -0.15) is 0 Å². The van der Waals surface area contributed by atoms with Gasteiger partial charge in [-0.05, 0) is 25.7 Å². The molecule has 0 bridgehead atoms. The smallest absolute Gasteiger partial charge is 0.353 e. The molecule has 0 radical (unpaired) electrons. The zero-order valence-corrected chi connectivity index (χ0v) is 13.5. The van der Waals surface area contributed by atoms with Crippen molar-refractivity contribution in [2.45, 2.75) is 63.8 Å². The van der Waals surface area contributed by atoms with Gasteiger partial charge in [0, 0.05) is 19.1 Å². The fraction of sp³-hybridized carbons (Fsp3) is 0.750. The molecule has 2 fully saturated rings. The Morgan fingerprint density at radius 2 is 1.70 bits per heavy atom. The third kappa shape index (κ3) is 3.89. The average molecular weight is 319 g/mol.